The van der Waals surface area contributed by atoms with Crippen molar-refractivity contribution in [3.63, 3.8) is 0 Å². The number of non-ortho nitro benzene ring substituents is 1. The van der Waals surface area contributed by atoms with Gasteiger partial charge in [0.05, 0.1) is 16.8 Å². The molecular weight excluding hydrogens is 208 g/mol. The molecule has 6 nitrogen and oxygen atoms in total. The van der Waals surface area contributed by atoms with Gasteiger partial charge in [-0.3, -0.25) is 10.1 Å². The van der Waals surface area contributed by atoms with Crippen molar-refractivity contribution in [3.05, 3.63) is 51.8 Å². The number of hydrogen-bond donors (Lipinski definition) is 1. The van der Waals surface area contributed by atoms with Gasteiger partial charge in [-0.25, -0.2) is 0 Å². The molecule has 2 aromatic rings. The molecule has 0 amide bonds. The highest BCUT2D eigenvalue weighted by Gasteiger charge is 2.04. The van der Waals surface area contributed by atoms with Crippen LogP contribution in [0.1, 0.15) is 11.3 Å². The van der Waals surface area contributed by atoms with Crippen molar-refractivity contribution in [1.29, 1.82) is 0 Å². The van der Waals surface area contributed by atoms with Gasteiger partial charge in [0.2, 0.25) is 0 Å². The Morgan fingerprint density at radius 2 is 2.00 bits per heavy atom. The molecule has 6 heteroatoms. The average molecular weight is 218 g/mol. The summed E-state index contributed by atoms with van der Waals surface area (Å²) in [5.41, 5.74) is 2.05. The van der Waals surface area contributed by atoms with E-state index >= 15 is 0 Å². The summed E-state index contributed by atoms with van der Waals surface area (Å²) >= 11 is 0. The Morgan fingerprint density at radius 1 is 1.25 bits per heavy atom. The normalized spacial score (nSPS) is 10.2. The molecule has 0 spiro atoms. The van der Waals surface area contributed by atoms with Crippen molar-refractivity contribution < 1.29 is 4.92 Å². The first-order valence-corrected chi connectivity index (χ1v) is 4.83. The van der Waals surface area contributed by atoms with Gasteiger partial charge in [0.25, 0.3) is 5.69 Å². The predicted octanol–water partition coefficient (Wildman–Crippen LogP) is 1.50. The highest BCUT2D eigenvalue weighted by Crippen LogP contribution is 2.13. The van der Waals surface area contributed by atoms with E-state index in [2.05, 4.69) is 15.4 Å². The smallest absolute Gasteiger partial charge is 0.258 e. The molecule has 0 fully saturated rings. The number of H-pyrrole nitrogens is 1. The summed E-state index contributed by atoms with van der Waals surface area (Å²) in [5, 5.41) is 20.6. The van der Waals surface area contributed by atoms with Gasteiger partial charge in [0, 0.05) is 12.1 Å². The minimum atomic E-state index is -0.401. The zero-order chi connectivity index (χ0) is 11.4. The van der Waals surface area contributed by atoms with Gasteiger partial charge in [-0.05, 0) is 18.4 Å². The maximum atomic E-state index is 10.4. The number of nitro groups is 1. The molecule has 0 unspecified atom stereocenters. The first-order valence-electron chi connectivity index (χ1n) is 4.83. The summed E-state index contributed by atoms with van der Waals surface area (Å²) in [7, 11) is 0. The van der Waals surface area contributed by atoms with Crippen LogP contribution in [0.5, 0.6) is 0 Å². The maximum Gasteiger partial charge on any atom is 0.269 e. The second kappa shape index (κ2) is 4.52. The SMILES string of the molecule is O=[N+]([O-])c1ccc(CCc2cn[nH]n2)cc1. The molecule has 0 aliphatic heterocycles. The summed E-state index contributed by atoms with van der Waals surface area (Å²) in [6.45, 7) is 0. The number of nitrogens with zero attached hydrogens (tertiary/aromatic N) is 3. The quantitative estimate of drug-likeness (QED) is 0.622. The zero-order valence-corrected chi connectivity index (χ0v) is 8.46. The summed E-state index contributed by atoms with van der Waals surface area (Å²) in [5.74, 6) is 0. The van der Waals surface area contributed by atoms with Crippen LogP contribution in [0.25, 0.3) is 0 Å². The van der Waals surface area contributed by atoms with Crippen LogP contribution < -0.4 is 0 Å². The summed E-state index contributed by atoms with van der Waals surface area (Å²) in [6, 6.07) is 6.55. The monoisotopic (exact) mass is 218 g/mol. The first-order chi connectivity index (χ1) is 7.75. The topological polar surface area (TPSA) is 84.7 Å². The molecule has 1 N–H and O–H groups in total. The minimum absolute atomic E-state index is 0.116. The minimum Gasteiger partial charge on any atom is -0.258 e. The van der Waals surface area contributed by atoms with E-state index in [0.717, 1.165) is 24.1 Å². The van der Waals surface area contributed by atoms with Crippen LogP contribution in [0.3, 0.4) is 0 Å². The Hall–Kier alpha value is -2.24. The molecule has 1 heterocycles. The van der Waals surface area contributed by atoms with Gasteiger partial charge in [-0.1, -0.05) is 12.1 Å². The van der Waals surface area contributed by atoms with E-state index in [1.165, 1.54) is 12.1 Å². The second-order valence-corrected chi connectivity index (χ2v) is 3.38. The van der Waals surface area contributed by atoms with E-state index in [4.69, 9.17) is 0 Å². The second-order valence-electron chi connectivity index (χ2n) is 3.38. The number of nitrogens with one attached hydrogen (secondary N) is 1. The van der Waals surface area contributed by atoms with Gasteiger partial charge in [-0.2, -0.15) is 15.4 Å². The third-order valence-corrected chi connectivity index (χ3v) is 2.28. The molecule has 0 aliphatic rings. The predicted molar refractivity (Wildman–Crippen MR) is 56.9 cm³/mol. The fourth-order valence-electron chi connectivity index (χ4n) is 1.40. The molecule has 16 heavy (non-hydrogen) atoms. The van der Waals surface area contributed by atoms with Crippen LogP contribution in [-0.4, -0.2) is 20.3 Å². The number of nitro benzene ring substituents is 1. The molecule has 0 saturated carbocycles. The number of rotatable bonds is 4. The third-order valence-electron chi connectivity index (χ3n) is 2.28. The fraction of sp³-hybridized carbons (Fsp3) is 0.200. The van der Waals surface area contributed by atoms with E-state index in [0.29, 0.717) is 0 Å². The van der Waals surface area contributed by atoms with Crippen molar-refractivity contribution >= 4 is 5.69 Å². The van der Waals surface area contributed by atoms with Crippen molar-refractivity contribution in [2.75, 3.05) is 0 Å². The maximum absolute atomic E-state index is 10.4. The molecule has 1 aromatic carbocycles. The number of aromatic nitrogens is 3. The Morgan fingerprint density at radius 3 is 2.56 bits per heavy atom. The zero-order valence-electron chi connectivity index (χ0n) is 8.46. The van der Waals surface area contributed by atoms with E-state index in [1.807, 2.05) is 0 Å². The van der Waals surface area contributed by atoms with Crippen LogP contribution in [0.2, 0.25) is 0 Å². The highest BCUT2D eigenvalue weighted by atomic mass is 16.6. The summed E-state index contributed by atoms with van der Waals surface area (Å²) in [4.78, 5) is 10.0. The number of hydrogen-bond acceptors (Lipinski definition) is 4. The van der Waals surface area contributed by atoms with Gasteiger partial charge in [0.15, 0.2) is 0 Å². The van der Waals surface area contributed by atoms with Gasteiger partial charge in [0.1, 0.15) is 0 Å². The first kappa shape index (κ1) is 10.3. The lowest BCUT2D eigenvalue weighted by Gasteiger charge is -1.98. The Bertz CT molecular complexity index is 464. The van der Waals surface area contributed by atoms with Crippen molar-refractivity contribution in [2.45, 2.75) is 12.8 Å². The van der Waals surface area contributed by atoms with Crippen LogP contribution in [0.4, 0.5) is 5.69 Å². The summed E-state index contributed by atoms with van der Waals surface area (Å²) < 4.78 is 0. The lowest BCUT2D eigenvalue weighted by molar-refractivity contribution is -0.384. The molecule has 0 radical (unpaired) electrons. The Labute approximate surface area is 91.5 Å². The standard InChI is InChI=1S/C10H10N4O2/c15-14(16)10-5-2-8(3-6-10)1-4-9-7-11-13-12-9/h2-3,5-7H,1,4H2,(H,11,12,13). The molecular formula is C10H10N4O2. The lowest BCUT2D eigenvalue weighted by Crippen LogP contribution is -1.93. The van der Waals surface area contributed by atoms with Crippen molar-refractivity contribution in [2.24, 2.45) is 0 Å². The molecule has 0 atom stereocenters. The van der Waals surface area contributed by atoms with Crippen LogP contribution in [0, 0.1) is 10.1 Å². The average Bonchev–Trinajstić information content (AvgIpc) is 2.80. The van der Waals surface area contributed by atoms with Gasteiger partial charge >= 0.3 is 0 Å². The third kappa shape index (κ3) is 2.41. The van der Waals surface area contributed by atoms with Crippen molar-refractivity contribution in [3.8, 4) is 0 Å². The summed E-state index contributed by atoms with van der Waals surface area (Å²) in [6.07, 6.45) is 3.24. The number of aromatic amines is 1. The number of aryl methyl sites for hydroxylation is 2. The fourth-order valence-corrected chi connectivity index (χ4v) is 1.40. The molecule has 1 aromatic heterocycles. The molecule has 2 rings (SSSR count). The van der Waals surface area contributed by atoms with E-state index in [9.17, 15) is 10.1 Å². The van der Waals surface area contributed by atoms with Gasteiger partial charge in [-0.15, -0.1) is 0 Å². The highest BCUT2D eigenvalue weighted by molar-refractivity contribution is 5.33. The number of benzene rings is 1. The molecule has 0 aliphatic carbocycles. The Kier molecular flexibility index (Phi) is 2.90. The molecule has 0 saturated heterocycles. The lowest BCUT2D eigenvalue weighted by atomic mass is 10.1. The van der Waals surface area contributed by atoms with E-state index in [1.54, 1.807) is 18.3 Å². The van der Waals surface area contributed by atoms with Crippen LogP contribution in [-0.2, 0) is 12.8 Å². The van der Waals surface area contributed by atoms with Crippen molar-refractivity contribution in [1.82, 2.24) is 15.4 Å². The van der Waals surface area contributed by atoms with Gasteiger partial charge < -0.3 is 0 Å². The van der Waals surface area contributed by atoms with Crippen LogP contribution >= 0.6 is 0 Å². The molecule has 82 valence electrons. The van der Waals surface area contributed by atoms with E-state index in [-0.39, 0.29) is 5.69 Å². The van der Waals surface area contributed by atoms with Crippen LogP contribution in [0.15, 0.2) is 30.5 Å². The Balaban J connectivity index is 1.98. The van der Waals surface area contributed by atoms with E-state index < -0.39 is 4.92 Å². The largest absolute Gasteiger partial charge is 0.269 e. The molecule has 0 bridgehead atoms.